The van der Waals surface area contributed by atoms with E-state index in [-0.39, 0.29) is 0 Å². The van der Waals surface area contributed by atoms with E-state index in [0.717, 1.165) is 31.0 Å². The first-order valence-corrected chi connectivity index (χ1v) is 9.83. The molecule has 0 saturated carbocycles. The normalized spacial score (nSPS) is 21.9. The van der Waals surface area contributed by atoms with Crippen LogP contribution in [0.4, 0.5) is 0 Å². The Kier molecular flexibility index (Phi) is 4.00. The Labute approximate surface area is 148 Å². The molecule has 0 nitrogen and oxygen atoms in total. The van der Waals surface area contributed by atoms with Crippen LogP contribution in [-0.4, -0.2) is 5.33 Å². The van der Waals surface area contributed by atoms with Crippen molar-refractivity contribution in [3.05, 3.63) is 75.9 Å². The van der Waals surface area contributed by atoms with Crippen LogP contribution in [-0.2, 0) is 25.7 Å². The largest absolute Gasteiger partial charge is 0.0918 e. The molecule has 2 aromatic carbocycles. The summed E-state index contributed by atoms with van der Waals surface area (Å²) in [5.74, 6) is 0.428. The molecule has 4 rings (SSSR count). The van der Waals surface area contributed by atoms with Crippen molar-refractivity contribution in [2.75, 3.05) is 5.33 Å². The quantitative estimate of drug-likeness (QED) is 0.514. The van der Waals surface area contributed by atoms with Gasteiger partial charge in [-0.2, -0.15) is 0 Å². The van der Waals surface area contributed by atoms with Gasteiger partial charge in [0.05, 0.1) is 0 Å². The molecule has 112 valence electrons. The molecule has 0 saturated heterocycles. The van der Waals surface area contributed by atoms with Gasteiger partial charge in [0, 0.05) is 15.7 Å². The molecule has 0 spiro atoms. The lowest BCUT2D eigenvalue weighted by atomic mass is 9.89. The predicted octanol–water partition coefficient (Wildman–Crippen LogP) is 5.80. The maximum absolute atomic E-state index is 3.86. The molecule has 0 radical (unpaired) electrons. The van der Waals surface area contributed by atoms with Gasteiger partial charge in [-0.05, 0) is 59.1 Å². The van der Waals surface area contributed by atoms with Crippen molar-refractivity contribution in [3.63, 3.8) is 0 Å². The highest BCUT2D eigenvalue weighted by molar-refractivity contribution is 9.15. The molecule has 0 fully saturated rings. The van der Waals surface area contributed by atoms with Crippen molar-refractivity contribution in [1.29, 1.82) is 0 Å². The summed E-state index contributed by atoms with van der Waals surface area (Å²) in [5.41, 5.74) is 8.74. The van der Waals surface area contributed by atoms with Crippen molar-refractivity contribution in [2.45, 2.75) is 31.6 Å². The number of aryl methyl sites for hydroxylation is 4. The Morgan fingerprint density at radius 1 is 0.864 bits per heavy atom. The lowest BCUT2D eigenvalue weighted by molar-refractivity contribution is 0.880. The second-order valence-electron chi connectivity index (χ2n) is 6.30. The van der Waals surface area contributed by atoms with Crippen LogP contribution >= 0.6 is 31.9 Å². The second-order valence-corrected chi connectivity index (χ2v) is 7.80. The molecule has 1 atom stereocenters. The molecule has 0 aromatic heterocycles. The fraction of sp³-hybridized carbons (Fsp3) is 0.300. The van der Waals surface area contributed by atoms with Crippen LogP contribution in [0.2, 0.25) is 0 Å². The molecular formula is C20H18Br2. The standard InChI is InChI=1S/C20H18Br2/c21-12-17-11-20(22)19-10-14-2-1-13-3-5-15(18(17)9-13)7-8-16(19)6-4-14/h3-6,9-11,17H,1-2,7-8,12H2/b20-11+/t17-/m0/s1. The average molecular weight is 418 g/mol. The average Bonchev–Trinajstić information content (AvgIpc) is 2.58. The molecule has 2 aliphatic carbocycles. The first-order valence-electron chi connectivity index (χ1n) is 7.92. The van der Waals surface area contributed by atoms with Crippen LogP contribution in [0.5, 0.6) is 0 Å². The van der Waals surface area contributed by atoms with E-state index in [1.807, 2.05) is 0 Å². The Morgan fingerprint density at radius 2 is 1.55 bits per heavy atom. The van der Waals surface area contributed by atoms with Crippen molar-refractivity contribution in [3.8, 4) is 0 Å². The minimum Gasteiger partial charge on any atom is -0.0918 e. The molecule has 2 aliphatic rings. The number of halogens is 2. The van der Waals surface area contributed by atoms with E-state index in [1.54, 1.807) is 0 Å². The van der Waals surface area contributed by atoms with Gasteiger partial charge in [0.2, 0.25) is 0 Å². The summed E-state index contributed by atoms with van der Waals surface area (Å²) in [4.78, 5) is 0. The highest BCUT2D eigenvalue weighted by Crippen LogP contribution is 2.36. The van der Waals surface area contributed by atoms with Crippen molar-refractivity contribution in [2.24, 2.45) is 0 Å². The third kappa shape index (κ3) is 2.61. The van der Waals surface area contributed by atoms with Crippen LogP contribution in [0.1, 0.15) is 39.3 Å². The lowest BCUT2D eigenvalue weighted by Crippen LogP contribution is -2.05. The topological polar surface area (TPSA) is 0 Å². The van der Waals surface area contributed by atoms with E-state index in [0.29, 0.717) is 5.92 Å². The minimum absolute atomic E-state index is 0.428. The highest BCUT2D eigenvalue weighted by Gasteiger charge is 2.19. The zero-order valence-electron chi connectivity index (χ0n) is 12.4. The zero-order chi connectivity index (χ0) is 15.1. The summed E-state index contributed by atoms with van der Waals surface area (Å²) in [6.07, 6.45) is 6.86. The Hall–Kier alpha value is -0.860. The zero-order valence-corrected chi connectivity index (χ0v) is 15.6. The van der Waals surface area contributed by atoms with E-state index in [2.05, 4.69) is 74.3 Å². The molecule has 0 amide bonds. The first kappa shape index (κ1) is 14.7. The maximum Gasteiger partial charge on any atom is 0.0217 e. The Balaban J connectivity index is 2.02. The molecule has 0 unspecified atom stereocenters. The Morgan fingerprint density at radius 3 is 2.32 bits per heavy atom. The second kappa shape index (κ2) is 5.98. The van der Waals surface area contributed by atoms with Crippen LogP contribution < -0.4 is 0 Å². The van der Waals surface area contributed by atoms with E-state index in [4.69, 9.17) is 0 Å². The summed E-state index contributed by atoms with van der Waals surface area (Å²) >= 11 is 7.59. The van der Waals surface area contributed by atoms with Gasteiger partial charge in [-0.25, -0.2) is 0 Å². The summed E-state index contributed by atoms with van der Waals surface area (Å²) in [6.45, 7) is 0. The van der Waals surface area contributed by atoms with E-state index in [1.165, 1.54) is 37.9 Å². The van der Waals surface area contributed by atoms with Crippen molar-refractivity contribution < 1.29 is 0 Å². The number of benzene rings is 2. The maximum atomic E-state index is 3.86. The van der Waals surface area contributed by atoms with Crippen LogP contribution in [0.3, 0.4) is 0 Å². The van der Waals surface area contributed by atoms with Crippen LogP contribution in [0.25, 0.3) is 4.48 Å². The Bertz CT molecular complexity index is 758. The van der Waals surface area contributed by atoms with Gasteiger partial charge in [-0.1, -0.05) is 74.3 Å². The van der Waals surface area contributed by atoms with Crippen molar-refractivity contribution in [1.82, 2.24) is 0 Å². The van der Waals surface area contributed by atoms with Gasteiger partial charge >= 0.3 is 0 Å². The number of hydrogen-bond acceptors (Lipinski definition) is 0. The molecule has 2 heteroatoms. The molecule has 22 heavy (non-hydrogen) atoms. The van der Waals surface area contributed by atoms with Gasteiger partial charge in [0.25, 0.3) is 0 Å². The fourth-order valence-electron chi connectivity index (χ4n) is 3.63. The third-order valence-electron chi connectivity index (χ3n) is 4.92. The summed E-state index contributed by atoms with van der Waals surface area (Å²) < 4.78 is 1.24. The summed E-state index contributed by atoms with van der Waals surface area (Å²) in [6, 6.07) is 14.2. The minimum atomic E-state index is 0.428. The molecule has 0 aliphatic heterocycles. The van der Waals surface area contributed by atoms with Gasteiger partial charge < -0.3 is 0 Å². The number of fused-ring (bicyclic) bond motifs is 3. The SMILES string of the molecule is BrC[C@@H]1/C=C(/Br)c2cc3ccc2CCc2ccc(cc21)CC3. The first-order chi connectivity index (χ1) is 10.7. The summed E-state index contributed by atoms with van der Waals surface area (Å²) in [7, 11) is 0. The molecular weight excluding hydrogens is 400 g/mol. The highest BCUT2D eigenvalue weighted by atomic mass is 79.9. The van der Waals surface area contributed by atoms with E-state index >= 15 is 0 Å². The molecule has 0 heterocycles. The lowest BCUT2D eigenvalue weighted by Gasteiger charge is -2.17. The van der Waals surface area contributed by atoms with Crippen LogP contribution in [0, 0.1) is 0 Å². The number of allylic oxidation sites excluding steroid dienone is 1. The van der Waals surface area contributed by atoms with Gasteiger partial charge in [0.15, 0.2) is 0 Å². The van der Waals surface area contributed by atoms with Crippen molar-refractivity contribution >= 4 is 36.3 Å². The van der Waals surface area contributed by atoms with Gasteiger partial charge in [0.1, 0.15) is 0 Å². The molecule has 0 N–H and O–H groups in total. The van der Waals surface area contributed by atoms with Crippen LogP contribution in [0.15, 0.2) is 42.5 Å². The fourth-order valence-corrected chi connectivity index (χ4v) is 4.86. The monoisotopic (exact) mass is 416 g/mol. The number of hydrogen-bond donors (Lipinski definition) is 0. The van der Waals surface area contributed by atoms with E-state index in [9.17, 15) is 0 Å². The number of alkyl halides is 1. The van der Waals surface area contributed by atoms with Gasteiger partial charge in [-0.3, -0.25) is 0 Å². The summed E-state index contributed by atoms with van der Waals surface area (Å²) in [5, 5.41) is 0.966. The van der Waals surface area contributed by atoms with Gasteiger partial charge in [-0.15, -0.1) is 0 Å². The molecule has 4 bridgehead atoms. The third-order valence-corrected chi connectivity index (χ3v) is 6.31. The molecule has 2 aromatic rings. The van der Waals surface area contributed by atoms with E-state index < -0.39 is 0 Å². The predicted molar refractivity (Wildman–Crippen MR) is 101 cm³/mol. The smallest absolute Gasteiger partial charge is 0.0217 e. The number of rotatable bonds is 1.